The van der Waals surface area contributed by atoms with Crippen LogP contribution in [0.2, 0.25) is 0 Å². The molecule has 1 aromatic rings. The highest BCUT2D eigenvalue weighted by Crippen LogP contribution is 2.31. The third-order valence-electron chi connectivity index (χ3n) is 4.46. The third-order valence-corrected chi connectivity index (χ3v) is 4.46. The maximum atomic E-state index is 4.66. The van der Waals surface area contributed by atoms with Crippen LogP contribution in [-0.2, 0) is 12.0 Å². The Morgan fingerprint density at radius 3 is 2.38 bits per heavy atom. The first-order valence-electron chi connectivity index (χ1n) is 8.44. The lowest BCUT2D eigenvalue weighted by molar-refractivity contribution is 0.0877. The number of likely N-dealkylation sites (tertiary alicyclic amines) is 1. The average molecular weight is 291 g/mol. The topological polar surface area (TPSA) is 21.1 Å². The van der Waals surface area contributed by atoms with Crippen molar-refractivity contribution < 1.29 is 0 Å². The number of rotatable bonds is 4. The molecule has 1 fully saturated rings. The van der Waals surface area contributed by atoms with Gasteiger partial charge in [-0.2, -0.15) is 5.10 Å². The van der Waals surface area contributed by atoms with Gasteiger partial charge in [-0.1, -0.05) is 34.6 Å². The maximum Gasteiger partial charge on any atom is 0.0624 e. The zero-order chi connectivity index (χ0) is 15.7. The SMILES string of the molecule is CC(C)Cc1cnn(C2(C)CCN(CC(C)(C)C)CC2)c1. The molecule has 120 valence electrons. The van der Waals surface area contributed by atoms with Gasteiger partial charge in [0, 0.05) is 25.8 Å². The van der Waals surface area contributed by atoms with Gasteiger partial charge in [0.15, 0.2) is 0 Å². The van der Waals surface area contributed by atoms with E-state index in [9.17, 15) is 0 Å². The van der Waals surface area contributed by atoms with Gasteiger partial charge in [0.1, 0.15) is 0 Å². The molecule has 3 nitrogen and oxygen atoms in total. The first-order chi connectivity index (χ1) is 9.68. The molecular weight excluding hydrogens is 258 g/mol. The van der Waals surface area contributed by atoms with E-state index in [1.165, 1.54) is 38.0 Å². The predicted octanol–water partition coefficient (Wildman–Crippen LogP) is 3.94. The number of nitrogens with zero attached hydrogens (tertiary/aromatic N) is 3. The van der Waals surface area contributed by atoms with Gasteiger partial charge in [0.25, 0.3) is 0 Å². The van der Waals surface area contributed by atoms with E-state index >= 15 is 0 Å². The molecule has 3 heteroatoms. The second-order valence-corrected chi connectivity index (χ2v) is 8.72. The van der Waals surface area contributed by atoms with Gasteiger partial charge in [-0.3, -0.25) is 4.68 Å². The van der Waals surface area contributed by atoms with E-state index in [2.05, 4.69) is 68.6 Å². The largest absolute Gasteiger partial charge is 0.303 e. The second-order valence-electron chi connectivity index (χ2n) is 8.72. The summed E-state index contributed by atoms with van der Waals surface area (Å²) >= 11 is 0. The fourth-order valence-corrected chi connectivity index (χ4v) is 3.32. The summed E-state index contributed by atoms with van der Waals surface area (Å²) in [6.45, 7) is 17.5. The van der Waals surface area contributed by atoms with E-state index in [-0.39, 0.29) is 5.54 Å². The molecule has 1 aliphatic rings. The molecule has 0 amide bonds. The molecular formula is C18H33N3. The molecule has 0 aromatic carbocycles. The van der Waals surface area contributed by atoms with Crippen LogP contribution in [0, 0.1) is 11.3 Å². The minimum atomic E-state index is 0.198. The van der Waals surface area contributed by atoms with Crippen LogP contribution in [0.1, 0.15) is 59.9 Å². The molecule has 1 saturated heterocycles. The first-order valence-corrected chi connectivity index (χ1v) is 8.44. The zero-order valence-corrected chi connectivity index (χ0v) is 14.8. The summed E-state index contributed by atoms with van der Waals surface area (Å²) in [5.74, 6) is 0.698. The van der Waals surface area contributed by atoms with E-state index in [4.69, 9.17) is 0 Å². The number of aromatic nitrogens is 2. The number of hydrogen-bond donors (Lipinski definition) is 0. The standard InChI is InChI=1S/C18H33N3/c1-15(2)11-16-12-19-21(13-16)18(6)7-9-20(10-8-18)14-17(3,4)5/h12-13,15H,7-11,14H2,1-6H3. The fraction of sp³-hybridized carbons (Fsp3) is 0.833. The Morgan fingerprint density at radius 1 is 1.24 bits per heavy atom. The van der Waals surface area contributed by atoms with Crippen molar-refractivity contribution in [3.63, 3.8) is 0 Å². The van der Waals surface area contributed by atoms with E-state index < -0.39 is 0 Å². The van der Waals surface area contributed by atoms with Crippen molar-refractivity contribution in [2.45, 2.75) is 66.3 Å². The molecule has 0 unspecified atom stereocenters. The van der Waals surface area contributed by atoms with Crippen LogP contribution in [0.4, 0.5) is 0 Å². The van der Waals surface area contributed by atoms with Crippen molar-refractivity contribution in [3.05, 3.63) is 18.0 Å². The Kier molecular flexibility index (Phi) is 4.82. The molecule has 21 heavy (non-hydrogen) atoms. The summed E-state index contributed by atoms with van der Waals surface area (Å²) < 4.78 is 2.24. The molecule has 0 N–H and O–H groups in total. The van der Waals surface area contributed by atoms with Gasteiger partial charge in [0.2, 0.25) is 0 Å². The first kappa shape index (κ1) is 16.5. The van der Waals surface area contributed by atoms with E-state index in [0.717, 1.165) is 6.42 Å². The van der Waals surface area contributed by atoms with Gasteiger partial charge in [0.05, 0.1) is 11.7 Å². The lowest BCUT2D eigenvalue weighted by atomic mass is 9.87. The highest BCUT2D eigenvalue weighted by atomic mass is 15.3. The summed E-state index contributed by atoms with van der Waals surface area (Å²) in [5.41, 5.74) is 1.97. The van der Waals surface area contributed by atoms with E-state index in [1.807, 2.05) is 0 Å². The molecule has 0 atom stereocenters. The maximum absolute atomic E-state index is 4.66. The summed E-state index contributed by atoms with van der Waals surface area (Å²) in [6, 6.07) is 0. The molecule has 0 spiro atoms. The average Bonchev–Trinajstić information content (AvgIpc) is 2.79. The Bertz CT molecular complexity index is 445. The smallest absolute Gasteiger partial charge is 0.0624 e. The highest BCUT2D eigenvalue weighted by Gasteiger charge is 2.33. The van der Waals surface area contributed by atoms with Crippen LogP contribution in [0.15, 0.2) is 12.4 Å². The van der Waals surface area contributed by atoms with Crippen molar-refractivity contribution in [1.29, 1.82) is 0 Å². The quantitative estimate of drug-likeness (QED) is 0.838. The van der Waals surface area contributed by atoms with Crippen LogP contribution in [0.25, 0.3) is 0 Å². The Balaban J connectivity index is 1.97. The lowest BCUT2D eigenvalue weighted by Gasteiger charge is -2.41. The van der Waals surface area contributed by atoms with Crippen molar-refractivity contribution in [2.75, 3.05) is 19.6 Å². The van der Waals surface area contributed by atoms with Crippen LogP contribution < -0.4 is 0 Å². The highest BCUT2D eigenvalue weighted by molar-refractivity contribution is 5.07. The lowest BCUT2D eigenvalue weighted by Crippen LogP contribution is -2.46. The minimum Gasteiger partial charge on any atom is -0.303 e. The molecule has 0 aliphatic carbocycles. The van der Waals surface area contributed by atoms with E-state index in [0.29, 0.717) is 11.3 Å². The molecule has 2 rings (SSSR count). The van der Waals surface area contributed by atoms with Crippen LogP contribution in [0.5, 0.6) is 0 Å². The van der Waals surface area contributed by atoms with Crippen molar-refractivity contribution in [3.8, 4) is 0 Å². The summed E-state index contributed by atoms with van der Waals surface area (Å²) in [4.78, 5) is 2.61. The van der Waals surface area contributed by atoms with E-state index in [1.54, 1.807) is 0 Å². The minimum absolute atomic E-state index is 0.198. The van der Waals surface area contributed by atoms with Gasteiger partial charge in [-0.05, 0) is 43.1 Å². The van der Waals surface area contributed by atoms with Crippen LogP contribution in [0.3, 0.4) is 0 Å². The predicted molar refractivity (Wildman–Crippen MR) is 89.5 cm³/mol. The number of piperidine rings is 1. The summed E-state index contributed by atoms with van der Waals surface area (Å²) in [7, 11) is 0. The van der Waals surface area contributed by atoms with Crippen molar-refractivity contribution >= 4 is 0 Å². The van der Waals surface area contributed by atoms with Gasteiger partial charge in [-0.15, -0.1) is 0 Å². The fourth-order valence-electron chi connectivity index (χ4n) is 3.32. The van der Waals surface area contributed by atoms with Gasteiger partial charge < -0.3 is 4.90 Å². The van der Waals surface area contributed by atoms with Crippen LogP contribution >= 0.6 is 0 Å². The Labute approximate surface area is 130 Å². The molecule has 0 radical (unpaired) electrons. The molecule has 2 heterocycles. The Hall–Kier alpha value is -0.830. The number of hydrogen-bond acceptors (Lipinski definition) is 2. The molecule has 1 aliphatic heterocycles. The van der Waals surface area contributed by atoms with Gasteiger partial charge >= 0.3 is 0 Å². The van der Waals surface area contributed by atoms with Crippen molar-refractivity contribution in [1.82, 2.24) is 14.7 Å². The zero-order valence-electron chi connectivity index (χ0n) is 14.8. The second kappa shape index (κ2) is 6.12. The summed E-state index contributed by atoms with van der Waals surface area (Å²) in [5, 5.41) is 4.66. The molecule has 0 bridgehead atoms. The van der Waals surface area contributed by atoms with Crippen LogP contribution in [-0.4, -0.2) is 34.3 Å². The monoisotopic (exact) mass is 291 g/mol. The molecule has 1 aromatic heterocycles. The third kappa shape index (κ3) is 4.57. The molecule has 0 saturated carbocycles. The summed E-state index contributed by atoms with van der Waals surface area (Å²) in [6.07, 6.45) is 7.87. The normalized spacial score (nSPS) is 20.1. The van der Waals surface area contributed by atoms with Gasteiger partial charge in [-0.25, -0.2) is 0 Å². The van der Waals surface area contributed by atoms with Crippen molar-refractivity contribution in [2.24, 2.45) is 11.3 Å². The Morgan fingerprint density at radius 2 is 1.86 bits per heavy atom.